The Kier molecular flexibility index (Phi) is 4.63. The van der Waals surface area contributed by atoms with E-state index in [1.165, 1.54) is 0 Å². The fourth-order valence-corrected chi connectivity index (χ4v) is 3.26. The molecule has 2 aliphatic rings. The summed E-state index contributed by atoms with van der Waals surface area (Å²) in [4.78, 5) is 14.4. The Hall–Kier alpha value is -1.30. The molecule has 21 heavy (non-hydrogen) atoms. The summed E-state index contributed by atoms with van der Waals surface area (Å²) in [5.41, 5.74) is 0.631. The van der Waals surface area contributed by atoms with Crippen molar-refractivity contribution in [3.8, 4) is 0 Å². The van der Waals surface area contributed by atoms with Crippen LogP contribution in [0.4, 0.5) is 4.39 Å². The van der Waals surface area contributed by atoms with E-state index in [1.807, 2.05) is 18.2 Å². The summed E-state index contributed by atoms with van der Waals surface area (Å²) >= 11 is 0. The van der Waals surface area contributed by atoms with Crippen molar-refractivity contribution >= 4 is 5.78 Å². The van der Waals surface area contributed by atoms with Crippen molar-refractivity contribution in [1.82, 2.24) is 15.5 Å². The minimum atomic E-state index is -1.20. The first kappa shape index (κ1) is 14.6. The van der Waals surface area contributed by atoms with Crippen molar-refractivity contribution in [2.45, 2.75) is 31.2 Å². The summed E-state index contributed by atoms with van der Waals surface area (Å²) in [5.74, 6) is 0.123. The van der Waals surface area contributed by atoms with Crippen LogP contribution in [0.1, 0.15) is 24.7 Å². The quantitative estimate of drug-likeness (QED) is 0.820. The van der Waals surface area contributed by atoms with Gasteiger partial charge in [0.05, 0.1) is 12.1 Å². The van der Waals surface area contributed by atoms with E-state index in [0.717, 1.165) is 25.9 Å². The molecule has 1 aromatic rings. The SMILES string of the molecule is O=C(C1CNCCN1)[C@@H]1CCCN1C(F)c1ccccc1. The van der Waals surface area contributed by atoms with Crippen LogP contribution >= 0.6 is 0 Å². The van der Waals surface area contributed by atoms with Crippen LogP contribution < -0.4 is 10.6 Å². The molecule has 2 N–H and O–H groups in total. The van der Waals surface area contributed by atoms with Crippen LogP contribution in [0.25, 0.3) is 0 Å². The minimum absolute atomic E-state index is 0.123. The highest BCUT2D eigenvalue weighted by Crippen LogP contribution is 2.31. The lowest BCUT2D eigenvalue weighted by Gasteiger charge is -2.31. The number of nitrogens with one attached hydrogen (secondary N) is 2. The van der Waals surface area contributed by atoms with Crippen molar-refractivity contribution in [3.63, 3.8) is 0 Å². The van der Waals surface area contributed by atoms with E-state index in [9.17, 15) is 9.18 Å². The lowest BCUT2D eigenvalue weighted by molar-refractivity contribution is -0.127. The number of carbonyl (C=O) groups excluding carboxylic acids is 1. The number of carbonyl (C=O) groups is 1. The highest BCUT2D eigenvalue weighted by molar-refractivity contribution is 5.89. The summed E-state index contributed by atoms with van der Waals surface area (Å²) in [5, 5.41) is 6.45. The number of benzene rings is 1. The van der Waals surface area contributed by atoms with Crippen LogP contribution in [-0.4, -0.2) is 48.9 Å². The maximum absolute atomic E-state index is 14.8. The van der Waals surface area contributed by atoms with Crippen LogP contribution in [-0.2, 0) is 4.79 Å². The van der Waals surface area contributed by atoms with Gasteiger partial charge in [-0.3, -0.25) is 9.69 Å². The third kappa shape index (κ3) is 3.15. The van der Waals surface area contributed by atoms with Gasteiger partial charge in [-0.15, -0.1) is 0 Å². The lowest BCUT2D eigenvalue weighted by Crippen LogP contribution is -2.56. The van der Waals surface area contributed by atoms with E-state index in [-0.39, 0.29) is 17.9 Å². The zero-order chi connectivity index (χ0) is 14.7. The Labute approximate surface area is 124 Å². The van der Waals surface area contributed by atoms with Gasteiger partial charge in [0.1, 0.15) is 0 Å². The van der Waals surface area contributed by atoms with Crippen molar-refractivity contribution in [1.29, 1.82) is 0 Å². The van der Waals surface area contributed by atoms with E-state index < -0.39 is 6.30 Å². The molecule has 4 nitrogen and oxygen atoms in total. The van der Waals surface area contributed by atoms with Gasteiger partial charge in [0, 0.05) is 31.7 Å². The zero-order valence-corrected chi connectivity index (χ0v) is 12.1. The molecule has 114 valence electrons. The monoisotopic (exact) mass is 291 g/mol. The molecule has 0 aromatic heterocycles. The van der Waals surface area contributed by atoms with Gasteiger partial charge in [-0.2, -0.15) is 0 Å². The van der Waals surface area contributed by atoms with E-state index in [1.54, 1.807) is 17.0 Å². The number of piperazine rings is 1. The number of alkyl halides is 1. The number of ketones is 1. The van der Waals surface area contributed by atoms with Gasteiger partial charge in [0.2, 0.25) is 0 Å². The van der Waals surface area contributed by atoms with Crippen molar-refractivity contribution in [2.75, 3.05) is 26.2 Å². The zero-order valence-electron chi connectivity index (χ0n) is 12.1. The summed E-state index contributed by atoms with van der Waals surface area (Å²) in [6.45, 7) is 2.97. The highest BCUT2D eigenvalue weighted by atomic mass is 19.1. The van der Waals surface area contributed by atoms with Gasteiger partial charge in [-0.1, -0.05) is 30.3 Å². The maximum Gasteiger partial charge on any atom is 0.180 e. The average molecular weight is 291 g/mol. The molecule has 0 saturated carbocycles. The molecule has 0 radical (unpaired) electrons. The number of hydrogen-bond donors (Lipinski definition) is 2. The molecule has 2 heterocycles. The first-order valence-electron chi connectivity index (χ1n) is 7.70. The van der Waals surface area contributed by atoms with Gasteiger partial charge >= 0.3 is 0 Å². The first-order chi connectivity index (χ1) is 10.3. The minimum Gasteiger partial charge on any atom is -0.313 e. The van der Waals surface area contributed by atoms with Crippen molar-refractivity contribution in [2.24, 2.45) is 0 Å². The molecule has 1 aromatic carbocycles. The van der Waals surface area contributed by atoms with Gasteiger partial charge in [-0.05, 0) is 12.8 Å². The largest absolute Gasteiger partial charge is 0.313 e. The lowest BCUT2D eigenvalue weighted by atomic mass is 10.0. The molecule has 2 unspecified atom stereocenters. The maximum atomic E-state index is 14.8. The molecule has 0 amide bonds. The fraction of sp³-hybridized carbons (Fsp3) is 0.562. The second-order valence-corrected chi connectivity index (χ2v) is 5.76. The number of likely N-dealkylation sites (tertiary alicyclic amines) is 1. The normalized spacial score (nSPS) is 28.4. The van der Waals surface area contributed by atoms with Gasteiger partial charge in [-0.25, -0.2) is 4.39 Å². The molecule has 0 bridgehead atoms. The Morgan fingerprint density at radius 1 is 1.29 bits per heavy atom. The molecule has 3 atom stereocenters. The second kappa shape index (κ2) is 6.64. The topological polar surface area (TPSA) is 44.4 Å². The van der Waals surface area contributed by atoms with Crippen LogP contribution in [0.2, 0.25) is 0 Å². The molecule has 2 fully saturated rings. The van der Waals surface area contributed by atoms with Crippen LogP contribution in [0.15, 0.2) is 30.3 Å². The number of rotatable bonds is 4. The molecule has 2 aliphatic heterocycles. The van der Waals surface area contributed by atoms with E-state index in [4.69, 9.17) is 0 Å². The molecule has 0 spiro atoms. The molecular formula is C16H22FN3O. The molecule has 5 heteroatoms. The van der Waals surface area contributed by atoms with Crippen LogP contribution in [0.3, 0.4) is 0 Å². The van der Waals surface area contributed by atoms with Crippen molar-refractivity contribution < 1.29 is 9.18 Å². The van der Waals surface area contributed by atoms with Gasteiger partial charge in [0.25, 0.3) is 0 Å². The third-order valence-corrected chi connectivity index (χ3v) is 4.37. The van der Waals surface area contributed by atoms with Crippen LogP contribution in [0, 0.1) is 0 Å². The number of halogens is 1. The summed E-state index contributed by atoms with van der Waals surface area (Å²) in [6.07, 6.45) is 0.438. The highest BCUT2D eigenvalue weighted by Gasteiger charge is 2.39. The van der Waals surface area contributed by atoms with E-state index in [2.05, 4.69) is 10.6 Å². The van der Waals surface area contributed by atoms with E-state index in [0.29, 0.717) is 18.7 Å². The second-order valence-electron chi connectivity index (χ2n) is 5.76. The van der Waals surface area contributed by atoms with Crippen molar-refractivity contribution in [3.05, 3.63) is 35.9 Å². The first-order valence-corrected chi connectivity index (χ1v) is 7.70. The Balaban J connectivity index is 1.71. The number of hydrogen-bond acceptors (Lipinski definition) is 4. The Bertz CT molecular complexity index is 476. The third-order valence-electron chi connectivity index (χ3n) is 4.37. The van der Waals surface area contributed by atoms with Gasteiger partial charge in [0.15, 0.2) is 12.1 Å². The standard InChI is InChI=1S/C16H22FN3O/c17-16(12-5-2-1-3-6-12)20-10-4-7-14(20)15(21)13-11-18-8-9-19-13/h1-3,5-6,13-14,16,18-19H,4,7-11H2/t13?,14-,16?/m0/s1. The predicted octanol–water partition coefficient (Wildman–Crippen LogP) is 1.25. The van der Waals surface area contributed by atoms with Crippen LogP contribution in [0.5, 0.6) is 0 Å². The predicted molar refractivity (Wildman–Crippen MR) is 79.7 cm³/mol. The molecule has 0 aliphatic carbocycles. The average Bonchev–Trinajstić information content (AvgIpc) is 3.04. The number of Topliss-reactive ketones (excluding diaryl/α,β-unsaturated/α-hetero) is 1. The van der Waals surface area contributed by atoms with Gasteiger partial charge < -0.3 is 10.6 Å². The number of nitrogens with zero attached hydrogens (tertiary/aromatic N) is 1. The summed E-state index contributed by atoms with van der Waals surface area (Å²) in [7, 11) is 0. The molecule has 2 saturated heterocycles. The summed E-state index contributed by atoms with van der Waals surface area (Å²) < 4.78 is 14.8. The Morgan fingerprint density at radius 2 is 2.10 bits per heavy atom. The van der Waals surface area contributed by atoms with E-state index >= 15 is 0 Å². The smallest absolute Gasteiger partial charge is 0.180 e. The molecule has 3 rings (SSSR count). The Morgan fingerprint density at radius 3 is 2.81 bits per heavy atom. The fourth-order valence-electron chi connectivity index (χ4n) is 3.26. The summed E-state index contributed by atoms with van der Waals surface area (Å²) in [6, 6.07) is 8.61. The molecular weight excluding hydrogens is 269 g/mol.